The van der Waals surface area contributed by atoms with Crippen molar-refractivity contribution < 1.29 is 8.42 Å². The van der Waals surface area contributed by atoms with Gasteiger partial charge in [-0.1, -0.05) is 12.8 Å². The Hall–Kier alpha value is -0.170. The first kappa shape index (κ1) is 15.2. The van der Waals surface area contributed by atoms with E-state index in [2.05, 4.69) is 17.3 Å². The number of piperazine rings is 1. The van der Waals surface area contributed by atoms with Gasteiger partial charge in [-0.05, 0) is 25.8 Å². The molecule has 0 aromatic rings. The van der Waals surface area contributed by atoms with Crippen LogP contribution in [0.4, 0.5) is 0 Å². The number of nitrogens with zero attached hydrogens (tertiary/aromatic N) is 2. The summed E-state index contributed by atoms with van der Waals surface area (Å²) >= 11 is 0. The van der Waals surface area contributed by atoms with Crippen LogP contribution in [0.25, 0.3) is 0 Å². The van der Waals surface area contributed by atoms with Crippen molar-refractivity contribution in [3.05, 3.63) is 0 Å². The molecule has 2 atom stereocenters. The second kappa shape index (κ2) is 6.52. The third-order valence-corrected chi connectivity index (χ3v) is 5.88. The second-order valence-electron chi connectivity index (χ2n) is 5.90. The summed E-state index contributed by atoms with van der Waals surface area (Å²) in [6.07, 6.45) is 6.57. The summed E-state index contributed by atoms with van der Waals surface area (Å²) in [5, 5.41) is 3.44. The van der Waals surface area contributed by atoms with Gasteiger partial charge >= 0.3 is 0 Å². The predicted molar refractivity (Wildman–Crippen MR) is 77.7 cm³/mol. The highest BCUT2D eigenvalue weighted by Crippen LogP contribution is 2.25. The van der Waals surface area contributed by atoms with Crippen LogP contribution in [0.1, 0.15) is 25.7 Å². The average molecular weight is 289 g/mol. The molecule has 2 rings (SSSR count). The molecule has 112 valence electrons. The first-order valence-electron chi connectivity index (χ1n) is 7.35. The van der Waals surface area contributed by atoms with E-state index in [0.717, 1.165) is 25.6 Å². The number of rotatable bonds is 4. The van der Waals surface area contributed by atoms with Gasteiger partial charge in [0.05, 0.1) is 6.26 Å². The maximum Gasteiger partial charge on any atom is 0.211 e. The Morgan fingerprint density at radius 3 is 2.32 bits per heavy atom. The lowest BCUT2D eigenvalue weighted by atomic mass is 9.84. The van der Waals surface area contributed by atoms with Crippen LogP contribution in [0, 0.1) is 5.92 Å². The molecule has 0 bridgehead atoms. The van der Waals surface area contributed by atoms with E-state index in [0.29, 0.717) is 19.1 Å². The van der Waals surface area contributed by atoms with Crippen molar-refractivity contribution in [2.75, 3.05) is 46.0 Å². The third-order valence-electron chi connectivity index (χ3n) is 4.57. The van der Waals surface area contributed by atoms with Crippen molar-refractivity contribution in [3.8, 4) is 0 Å². The van der Waals surface area contributed by atoms with Gasteiger partial charge in [-0.3, -0.25) is 0 Å². The maximum absolute atomic E-state index is 11.5. The average Bonchev–Trinajstić information content (AvgIpc) is 2.39. The lowest BCUT2D eigenvalue weighted by molar-refractivity contribution is 0.134. The monoisotopic (exact) mass is 289 g/mol. The van der Waals surface area contributed by atoms with E-state index in [4.69, 9.17) is 0 Å². The van der Waals surface area contributed by atoms with E-state index in [1.54, 1.807) is 4.31 Å². The van der Waals surface area contributed by atoms with Crippen LogP contribution in [0.3, 0.4) is 0 Å². The normalized spacial score (nSPS) is 31.5. The topological polar surface area (TPSA) is 52.6 Å². The Kier molecular flexibility index (Phi) is 5.22. The van der Waals surface area contributed by atoms with Crippen molar-refractivity contribution >= 4 is 10.0 Å². The van der Waals surface area contributed by atoms with Crippen molar-refractivity contribution in [2.45, 2.75) is 31.7 Å². The molecule has 2 aliphatic rings. The molecule has 0 radical (unpaired) electrons. The summed E-state index contributed by atoms with van der Waals surface area (Å²) in [6.45, 7) is 4.16. The molecule has 6 heteroatoms. The van der Waals surface area contributed by atoms with E-state index in [9.17, 15) is 8.42 Å². The molecule has 19 heavy (non-hydrogen) atoms. The lowest BCUT2D eigenvalue weighted by Gasteiger charge is -2.39. The quantitative estimate of drug-likeness (QED) is 0.811. The molecule has 5 nitrogen and oxygen atoms in total. The second-order valence-corrected chi connectivity index (χ2v) is 7.88. The highest BCUT2D eigenvalue weighted by atomic mass is 32.2. The van der Waals surface area contributed by atoms with Crippen LogP contribution in [0.2, 0.25) is 0 Å². The zero-order valence-electron chi connectivity index (χ0n) is 12.1. The van der Waals surface area contributed by atoms with Gasteiger partial charge in [0.2, 0.25) is 10.0 Å². The molecule has 2 fully saturated rings. The van der Waals surface area contributed by atoms with Crippen molar-refractivity contribution in [3.63, 3.8) is 0 Å². The van der Waals surface area contributed by atoms with Crippen LogP contribution in [0.15, 0.2) is 0 Å². The zero-order valence-corrected chi connectivity index (χ0v) is 13.0. The summed E-state index contributed by atoms with van der Waals surface area (Å²) in [5.41, 5.74) is 0. The van der Waals surface area contributed by atoms with Crippen molar-refractivity contribution in [1.29, 1.82) is 0 Å². The minimum absolute atomic E-state index is 0.640. The lowest BCUT2D eigenvalue weighted by Crippen LogP contribution is -2.51. The summed E-state index contributed by atoms with van der Waals surface area (Å²) in [5.74, 6) is 0.725. The van der Waals surface area contributed by atoms with Gasteiger partial charge in [0.15, 0.2) is 0 Å². The summed E-state index contributed by atoms with van der Waals surface area (Å²) in [4.78, 5) is 2.43. The molecule has 1 aliphatic carbocycles. The van der Waals surface area contributed by atoms with Gasteiger partial charge in [-0.2, -0.15) is 4.31 Å². The van der Waals surface area contributed by atoms with E-state index < -0.39 is 10.0 Å². The Balaban J connectivity index is 1.82. The van der Waals surface area contributed by atoms with Crippen molar-refractivity contribution in [1.82, 2.24) is 14.5 Å². The van der Waals surface area contributed by atoms with Crippen LogP contribution < -0.4 is 5.32 Å². The van der Waals surface area contributed by atoms with Crippen LogP contribution in [0.5, 0.6) is 0 Å². The molecular weight excluding hydrogens is 262 g/mol. The maximum atomic E-state index is 11.5. The molecule has 2 unspecified atom stereocenters. The van der Waals surface area contributed by atoms with Crippen molar-refractivity contribution in [2.24, 2.45) is 5.92 Å². The van der Waals surface area contributed by atoms with Gasteiger partial charge in [-0.15, -0.1) is 0 Å². The fraction of sp³-hybridized carbons (Fsp3) is 1.00. The Bertz CT molecular complexity index is 377. The highest BCUT2D eigenvalue weighted by Gasteiger charge is 2.28. The molecule has 0 aromatic heterocycles. The van der Waals surface area contributed by atoms with Gasteiger partial charge in [-0.25, -0.2) is 8.42 Å². The molecule has 0 spiro atoms. The molecule has 0 amide bonds. The first-order chi connectivity index (χ1) is 9.00. The number of sulfonamides is 1. The zero-order chi connectivity index (χ0) is 13.9. The molecule has 1 aliphatic heterocycles. The predicted octanol–water partition coefficient (Wildman–Crippen LogP) is 0.342. The summed E-state index contributed by atoms with van der Waals surface area (Å²) < 4.78 is 24.6. The molecule has 1 saturated carbocycles. The van der Waals surface area contributed by atoms with E-state index in [1.165, 1.54) is 31.9 Å². The van der Waals surface area contributed by atoms with Crippen LogP contribution in [-0.4, -0.2) is 69.7 Å². The molecular formula is C13H27N3O2S. The summed E-state index contributed by atoms with van der Waals surface area (Å²) in [6, 6.07) is 0.640. The molecule has 0 aromatic carbocycles. The molecule has 1 heterocycles. The fourth-order valence-electron chi connectivity index (χ4n) is 3.38. The van der Waals surface area contributed by atoms with Gasteiger partial charge in [0, 0.05) is 38.8 Å². The standard InChI is InChI=1S/C13H27N3O2S/c1-14-13-6-4-3-5-12(13)11-15-7-9-16(10-8-15)19(2,17)18/h12-14H,3-11H2,1-2H3. The Morgan fingerprint density at radius 2 is 1.74 bits per heavy atom. The van der Waals surface area contributed by atoms with E-state index >= 15 is 0 Å². The fourth-order valence-corrected chi connectivity index (χ4v) is 4.21. The first-order valence-corrected chi connectivity index (χ1v) is 9.20. The third kappa shape index (κ3) is 4.15. The van der Waals surface area contributed by atoms with Gasteiger partial charge in [0.1, 0.15) is 0 Å². The number of hydrogen-bond donors (Lipinski definition) is 1. The largest absolute Gasteiger partial charge is 0.317 e. The van der Waals surface area contributed by atoms with Gasteiger partial charge < -0.3 is 10.2 Å². The molecule has 1 N–H and O–H groups in total. The smallest absolute Gasteiger partial charge is 0.211 e. The number of hydrogen-bond acceptors (Lipinski definition) is 4. The minimum atomic E-state index is -3.00. The number of nitrogens with one attached hydrogen (secondary N) is 1. The Labute approximate surface area is 117 Å². The van der Waals surface area contributed by atoms with Gasteiger partial charge in [0.25, 0.3) is 0 Å². The van der Waals surface area contributed by atoms with Crippen LogP contribution in [-0.2, 0) is 10.0 Å². The highest BCUT2D eigenvalue weighted by molar-refractivity contribution is 7.88. The summed E-state index contributed by atoms with van der Waals surface area (Å²) in [7, 11) is -0.943. The minimum Gasteiger partial charge on any atom is -0.317 e. The van der Waals surface area contributed by atoms with E-state index in [1.807, 2.05) is 0 Å². The SMILES string of the molecule is CNC1CCCCC1CN1CCN(S(C)(=O)=O)CC1. The Morgan fingerprint density at radius 1 is 1.11 bits per heavy atom. The van der Waals surface area contributed by atoms with Crippen LogP contribution >= 0.6 is 0 Å². The molecule has 1 saturated heterocycles. The van der Waals surface area contributed by atoms with E-state index in [-0.39, 0.29) is 0 Å².